The van der Waals surface area contributed by atoms with Gasteiger partial charge in [-0.25, -0.2) is 0 Å². The fourth-order valence-corrected chi connectivity index (χ4v) is 4.69. The predicted molar refractivity (Wildman–Crippen MR) is 136 cm³/mol. The molecule has 4 aromatic rings. The lowest BCUT2D eigenvalue weighted by Crippen LogP contribution is -2.40. The number of nitrogens with zero attached hydrogens (tertiary/aromatic N) is 3. The first-order valence-electron chi connectivity index (χ1n) is 11.8. The van der Waals surface area contributed by atoms with E-state index in [0.29, 0.717) is 5.69 Å². The first kappa shape index (κ1) is 23.0. The van der Waals surface area contributed by atoms with E-state index in [0.717, 1.165) is 23.0 Å². The van der Waals surface area contributed by atoms with Crippen molar-refractivity contribution in [2.75, 3.05) is 0 Å². The van der Waals surface area contributed by atoms with Crippen molar-refractivity contribution in [2.45, 2.75) is 65.7 Å². The summed E-state index contributed by atoms with van der Waals surface area (Å²) in [5.74, 6) is 0.192. The number of phenols is 1. The van der Waals surface area contributed by atoms with Gasteiger partial charge >= 0.3 is 0 Å². The first-order valence-corrected chi connectivity index (χ1v) is 11.8. The molecule has 4 rings (SSSR count). The third-order valence-electron chi connectivity index (χ3n) is 8.01. The van der Waals surface area contributed by atoms with Crippen molar-refractivity contribution < 1.29 is 5.11 Å². The van der Waals surface area contributed by atoms with Crippen LogP contribution in [0, 0.1) is 5.41 Å². The molecule has 1 heterocycles. The molecule has 0 aliphatic carbocycles. The maximum Gasteiger partial charge on any atom is 0.143 e. The molecule has 0 radical (unpaired) electrons. The van der Waals surface area contributed by atoms with E-state index >= 15 is 0 Å². The van der Waals surface area contributed by atoms with E-state index in [9.17, 15) is 5.11 Å². The summed E-state index contributed by atoms with van der Waals surface area (Å²) in [6.07, 6.45) is 0.995. The number of fused-ring (bicyclic) bond motifs is 1. The van der Waals surface area contributed by atoms with Gasteiger partial charge in [0.05, 0.1) is 0 Å². The summed E-state index contributed by atoms with van der Waals surface area (Å²) in [5.41, 5.74) is 5.17. The van der Waals surface area contributed by atoms with Gasteiger partial charge in [0.2, 0.25) is 0 Å². The third-order valence-corrected chi connectivity index (χ3v) is 8.01. The van der Waals surface area contributed by atoms with Crippen LogP contribution in [0.1, 0.15) is 71.6 Å². The Kier molecular flexibility index (Phi) is 5.60. The van der Waals surface area contributed by atoms with Crippen LogP contribution in [0.3, 0.4) is 0 Å². The molecule has 0 aliphatic heterocycles. The Labute approximate surface area is 197 Å². The van der Waals surface area contributed by atoms with E-state index in [1.54, 1.807) is 10.9 Å². The summed E-state index contributed by atoms with van der Waals surface area (Å²) in [6, 6.07) is 22.3. The molecular formula is C29H35N3O. The van der Waals surface area contributed by atoms with Crippen molar-refractivity contribution in [3.05, 3.63) is 83.4 Å². The number of rotatable bonds is 6. The molecule has 1 aromatic heterocycles. The third kappa shape index (κ3) is 3.72. The van der Waals surface area contributed by atoms with E-state index in [1.807, 2.05) is 30.3 Å². The molecule has 0 unspecified atom stereocenters. The lowest BCUT2D eigenvalue weighted by atomic mass is 9.59. The van der Waals surface area contributed by atoms with Crippen LogP contribution in [0.5, 0.6) is 5.75 Å². The highest BCUT2D eigenvalue weighted by Crippen LogP contribution is 2.51. The van der Waals surface area contributed by atoms with Crippen LogP contribution >= 0.6 is 0 Å². The second-order valence-electron chi connectivity index (χ2n) is 10.7. The van der Waals surface area contributed by atoms with Gasteiger partial charge in [-0.15, -0.1) is 15.0 Å². The van der Waals surface area contributed by atoms with Gasteiger partial charge in [-0.1, -0.05) is 103 Å². The van der Waals surface area contributed by atoms with Crippen LogP contribution < -0.4 is 0 Å². The quantitative estimate of drug-likeness (QED) is 0.345. The largest absolute Gasteiger partial charge is 0.506 e. The Morgan fingerprint density at radius 2 is 1.30 bits per heavy atom. The molecule has 33 heavy (non-hydrogen) atoms. The Hall–Kier alpha value is -3.14. The average molecular weight is 442 g/mol. The normalized spacial score (nSPS) is 12.9. The number of hydrogen-bond acceptors (Lipinski definition) is 3. The monoisotopic (exact) mass is 441 g/mol. The van der Waals surface area contributed by atoms with Gasteiger partial charge < -0.3 is 5.11 Å². The molecule has 0 fully saturated rings. The smallest absolute Gasteiger partial charge is 0.143 e. The van der Waals surface area contributed by atoms with Crippen molar-refractivity contribution in [3.8, 4) is 11.4 Å². The Bertz CT molecular complexity index is 1250. The van der Waals surface area contributed by atoms with Crippen molar-refractivity contribution in [1.82, 2.24) is 15.0 Å². The topological polar surface area (TPSA) is 50.9 Å². The van der Waals surface area contributed by atoms with E-state index in [1.165, 1.54) is 11.1 Å². The van der Waals surface area contributed by atoms with Crippen molar-refractivity contribution in [2.24, 2.45) is 5.41 Å². The minimum absolute atomic E-state index is 0.0381. The standard InChI is InChI=1S/C29H35N3O/c1-8-27(2,3)29(6,7)25-21(28(4,5)20-14-10-9-11-15-20)18-19-24(33)26(25)32-30-22-16-12-13-17-23(22)31-32/h9-19,33H,8H2,1-7H3. The zero-order chi connectivity index (χ0) is 24.0. The fourth-order valence-electron chi connectivity index (χ4n) is 4.69. The molecule has 0 saturated heterocycles. The van der Waals surface area contributed by atoms with Crippen molar-refractivity contribution in [1.29, 1.82) is 0 Å². The van der Waals surface area contributed by atoms with Crippen LogP contribution in [0.4, 0.5) is 0 Å². The average Bonchev–Trinajstić information content (AvgIpc) is 3.22. The molecule has 0 atom stereocenters. The SMILES string of the molecule is CCC(C)(C)C(C)(C)c1c(C(C)(C)c2ccccc2)ccc(O)c1-n1nc2ccccc2n1. The summed E-state index contributed by atoms with van der Waals surface area (Å²) < 4.78 is 0. The van der Waals surface area contributed by atoms with Gasteiger partial charge in [-0.2, -0.15) is 0 Å². The summed E-state index contributed by atoms with van der Waals surface area (Å²) in [6.45, 7) is 15.9. The minimum atomic E-state index is -0.285. The Balaban J connectivity index is 2.10. The molecule has 0 aliphatic rings. The van der Waals surface area contributed by atoms with E-state index < -0.39 is 0 Å². The fraction of sp³-hybridized carbons (Fsp3) is 0.379. The summed E-state index contributed by atoms with van der Waals surface area (Å²) in [5, 5.41) is 20.8. The number of benzene rings is 3. The highest BCUT2D eigenvalue weighted by Gasteiger charge is 2.44. The molecule has 0 amide bonds. The van der Waals surface area contributed by atoms with Crippen molar-refractivity contribution >= 4 is 11.0 Å². The molecule has 0 saturated carbocycles. The number of aromatic hydroxyl groups is 1. The molecule has 1 N–H and O–H groups in total. The summed E-state index contributed by atoms with van der Waals surface area (Å²) in [7, 11) is 0. The molecule has 0 bridgehead atoms. The zero-order valence-corrected chi connectivity index (χ0v) is 20.8. The molecule has 0 spiro atoms. The Morgan fingerprint density at radius 1 is 0.758 bits per heavy atom. The summed E-state index contributed by atoms with van der Waals surface area (Å²) in [4.78, 5) is 1.63. The van der Waals surface area contributed by atoms with Gasteiger partial charge in [0.15, 0.2) is 0 Å². The lowest BCUT2D eigenvalue weighted by molar-refractivity contribution is 0.186. The zero-order valence-electron chi connectivity index (χ0n) is 20.8. The molecule has 3 aromatic carbocycles. The highest BCUT2D eigenvalue weighted by molar-refractivity contribution is 5.74. The van der Waals surface area contributed by atoms with Crippen LogP contribution in [0.25, 0.3) is 16.7 Å². The van der Waals surface area contributed by atoms with Crippen LogP contribution in [-0.4, -0.2) is 20.1 Å². The van der Waals surface area contributed by atoms with E-state index in [4.69, 9.17) is 10.2 Å². The highest BCUT2D eigenvalue weighted by atomic mass is 16.3. The maximum atomic E-state index is 11.2. The van der Waals surface area contributed by atoms with E-state index in [2.05, 4.69) is 78.8 Å². The second-order valence-corrected chi connectivity index (χ2v) is 10.7. The van der Waals surface area contributed by atoms with Gasteiger partial charge in [0.25, 0.3) is 0 Å². The molecular weight excluding hydrogens is 406 g/mol. The van der Waals surface area contributed by atoms with Crippen LogP contribution in [0.15, 0.2) is 66.7 Å². The summed E-state index contributed by atoms with van der Waals surface area (Å²) >= 11 is 0. The van der Waals surface area contributed by atoms with Crippen molar-refractivity contribution in [3.63, 3.8) is 0 Å². The Morgan fingerprint density at radius 3 is 1.85 bits per heavy atom. The molecule has 4 nitrogen and oxygen atoms in total. The number of hydrogen-bond donors (Lipinski definition) is 1. The van der Waals surface area contributed by atoms with Gasteiger partial charge in [0, 0.05) is 5.41 Å². The van der Waals surface area contributed by atoms with Crippen LogP contribution in [0.2, 0.25) is 0 Å². The lowest BCUT2D eigenvalue weighted by Gasteiger charge is -2.45. The predicted octanol–water partition coefficient (Wildman–Crippen LogP) is 7.17. The maximum absolute atomic E-state index is 11.2. The molecule has 172 valence electrons. The first-order chi connectivity index (χ1) is 15.5. The van der Waals surface area contributed by atoms with Gasteiger partial charge in [-0.05, 0) is 45.7 Å². The van der Waals surface area contributed by atoms with Crippen LogP contribution in [-0.2, 0) is 10.8 Å². The minimum Gasteiger partial charge on any atom is -0.506 e. The van der Waals surface area contributed by atoms with Gasteiger partial charge in [-0.3, -0.25) is 0 Å². The van der Waals surface area contributed by atoms with E-state index in [-0.39, 0.29) is 22.0 Å². The number of aromatic nitrogens is 3. The second kappa shape index (κ2) is 8.02. The molecule has 4 heteroatoms. The number of phenolic OH excluding ortho intramolecular Hbond substituents is 1. The van der Waals surface area contributed by atoms with Gasteiger partial charge in [0.1, 0.15) is 22.5 Å².